The molecule has 0 aromatic heterocycles. The van der Waals surface area contributed by atoms with E-state index in [4.69, 9.17) is 18.9 Å². The molecule has 2 aromatic carbocycles. The van der Waals surface area contributed by atoms with Crippen LogP contribution in [0.3, 0.4) is 0 Å². The number of aryl methyl sites for hydroxylation is 1. The number of fused-ring (bicyclic) bond motifs is 2. The summed E-state index contributed by atoms with van der Waals surface area (Å²) < 4.78 is 22.3. The fourth-order valence-corrected chi connectivity index (χ4v) is 6.30. The first-order chi connectivity index (χ1) is 18.5. The molecule has 1 fully saturated rings. The molecular weight excluding hydrogens is 500 g/mol. The van der Waals surface area contributed by atoms with Gasteiger partial charge in [-0.15, -0.1) is 0 Å². The standard InChI is InChI=1S/C31H34O8/c1-17-13-22(15-24(14-17)37-6)27-16-25-28(38-19(3)32)18(2)26(12-9-21-7-10-23(36-5)11-8-21)31(27,30(34)35)29(25)39-20(4)33/h7-15,25,27-29H,16H2,1-6H3,(H,34,35)/b12-9+. The van der Waals surface area contributed by atoms with Gasteiger partial charge >= 0.3 is 17.9 Å². The first-order valence-corrected chi connectivity index (χ1v) is 12.8. The number of benzene rings is 2. The minimum atomic E-state index is -1.63. The topological polar surface area (TPSA) is 108 Å². The van der Waals surface area contributed by atoms with Crippen LogP contribution in [0.4, 0.5) is 0 Å². The summed E-state index contributed by atoms with van der Waals surface area (Å²) >= 11 is 0. The van der Waals surface area contributed by atoms with Crippen LogP contribution in [0.25, 0.3) is 6.08 Å². The summed E-state index contributed by atoms with van der Waals surface area (Å²) in [6.07, 6.45) is 2.07. The van der Waals surface area contributed by atoms with Gasteiger partial charge in [-0.25, -0.2) is 0 Å². The second-order valence-corrected chi connectivity index (χ2v) is 10.2. The predicted octanol–water partition coefficient (Wildman–Crippen LogP) is 5.09. The van der Waals surface area contributed by atoms with Crippen LogP contribution in [0.15, 0.2) is 59.7 Å². The van der Waals surface area contributed by atoms with Crippen molar-refractivity contribution in [1.82, 2.24) is 0 Å². The zero-order valence-electron chi connectivity index (χ0n) is 23.0. The Labute approximate surface area is 228 Å². The Morgan fingerprint density at radius 2 is 1.54 bits per heavy atom. The maximum Gasteiger partial charge on any atom is 0.318 e. The fourth-order valence-electron chi connectivity index (χ4n) is 6.30. The number of esters is 2. The predicted molar refractivity (Wildman–Crippen MR) is 144 cm³/mol. The van der Waals surface area contributed by atoms with Crippen molar-refractivity contribution in [2.24, 2.45) is 11.3 Å². The first kappa shape index (κ1) is 28.0. The molecule has 206 valence electrons. The molecule has 8 nitrogen and oxygen atoms in total. The van der Waals surface area contributed by atoms with Crippen molar-refractivity contribution in [2.75, 3.05) is 14.2 Å². The summed E-state index contributed by atoms with van der Waals surface area (Å²) in [5, 5.41) is 11.0. The lowest BCUT2D eigenvalue weighted by Crippen LogP contribution is -2.53. The molecule has 2 aliphatic carbocycles. The number of hydrogen-bond donors (Lipinski definition) is 1. The summed E-state index contributed by atoms with van der Waals surface area (Å²) in [4.78, 5) is 38.1. The number of carboxylic acids is 1. The highest BCUT2D eigenvalue weighted by Gasteiger charge is 2.69. The van der Waals surface area contributed by atoms with Gasteiger partial charge in [0.2, 0.25) is 0 Å². The molecule has 4 rings (SSSR count). The number of aliphatic carboxylic acids is 1. The fraction of sp³-hybridized carbons (Fsp3) is 0.387. The Bertz CT molecular complexity index is 1340. The number of carbonyl (C=O) groups is 3. The van der Waals surface area contributed by atoms with Crippen molar-refractivity contribution < 1.29 is 38.4 Å². The van der Waals surface area contributed by atoms with E-state index in [0.29, 0.717) is 29.1 Å². The normalized spacial score (nSPS) is 25.9. The van der Waals surface area contributed by atoms with E-state index in [1.54, 1.807) is 27.2 Å². The van der Waals surface area contributed by atoms with Crippen LogP contribution in [0.5, 0.6) is 11.5 Å². The Balaban J connectivity index is 1.98. The maximum absolute atomic E-state index is 13.5. The number of carboxylic acid groups (broad SMARTS) is 1. The van der Waals surface area contributed by atoms with E-state index in [2.05, 4.69) is 0 Å². The van der Waals surface area contributed by atoms with Crippen molar-refractivity contribution >= 4 is 24.0 Å². The number of rotatable bonds is 8. The third-order valence-corrected chi connectivity index (χ3v) is 7.79. The summed E-state index contributed by atoms with van der Waals surface area (Å²) in [6.45, 7) is 6.28. The molecule has 5 unspecified atom stereocenters. The lowest BCUT2D eigenvalue weighted by Gasteiger charge is -2.44. The van der Waals surface area contributed by atoms with E-state index in [0.717, 1.165) is 16.7 Å². The van der Waals surface area contributed by atoms with Gasteiger partial charge in [0.05, 0.1) is 14.2 Å². The molecule has 8 heteroatoms. The van der Waals surface area contributed by atoms with Gasteiger partial charge in [-0.2, -0.15) is 0 Å². The number of ether oxygens (including phenoxy) is 4. The van der Waals surface area contributed by atoms with Crippen LogP contribution in [0.2, 0.25) is 0 Å². The van der Waals surface area contributed by atoms with Gasteiger partial charge in [-0.05, 0) is 72.4 Å². The number of hydrogen-bond acceptors (Lipinski definition) is 7. The van der Waals surface area contributed by atoms with Crippen LogP contribution < -0.4 is 9.47 Å². The monoisotopic (exact) mass is 534 g/mol. The number of methoxy groups -OCH3 is 2. The molecule has 1 N–H and O–H groups in total. The van der Waals surface area contributed by atoms with E-state index in [9.17, 15) is 19.5 Å². The molecule has 1 saturated carbocycles. The van der Waals surface area contributed by atoms with Crippen LogP contribution in [0, 0.1) is 18.3 Å². The lowest BCUT2D eigenvalue weighted by atomic mass is 9.63. The first-order valence-electron chi connectivity index (χ1n) is 12.8. The smallest absolute Gasteiger partial charge is 0.318 e. The Hall–Kier alpha value is -4.07. The average Bonchev–Trinajstić information content (AvgIpc) is 3.16. The quantitative estimate of drug-likeness (QED) is 0.467. The highest BCUT2D eigenvalue weighted by atomic mass is 16.6. The average molecular weight is 535 g/mol. The molecule has 0 amide bonds. The molecule has 2 aliphatic rings. The summed E-state index contributed by atoms with van der Waals surface area (Å²) in [5.41, 5.74) is 1.91. The van der Waals surface area contributed by atoms with Crippen LogP contribution in [0.1, 0.15) is 49.8 Å². The molecule has 0 spiro atoms. The molecule has 0 heterocycles. The van der Waals surface area contributed by atoms with Gasteiger partial charge in [0.1, 0.15) is 29.1 Å². The third-order valence-electron chi connectivity index (χ3n) is 7.79. The highest BCUT2D eigenvalue weighted by Crippen LogP contribution is 2.63. The maximum atomic E-state index is 13.5. The highest BCUT2D eigenvalue weighted by molar-refractivity contribution is 5.86. The van der Waals surface area contributed by atoms with Gasteiger partial charge in [-0.3, -0.25) is 14.4 Å². The Kier molecular flexibility index (Phi) is 7.86. The Morgan fingerprint density at radius 1 is 0.897 bits per heavy atom. The van der Waals surface area contributed by atoms with Crippen molar-refractivity contribution in [2.45, 2.75) is 52.2 Å². The van der Waals surface area contributed by atoms with Gasteiger partial charge in [0, 0.05) is 25.7 Å². The molecule has 0 aliphatic heterocycles. The SMILES string of the molecule is COc1ccc(/C=C/C2=C(C)C(OC(C)=O)C3CC(c4cc(C)cc(OC)c4)C2(C(=O)O)C3OC(C)=O)cc1. The molecule has 2 bridgehead atoms. The Morgan fingerprint density at radius 3 is 2.10 bits per heavy atom. The van der Waals surface area contributed by atoms with E-state index in [1.165, 1.54) is 13.8 Å². The second kappa shape index (κ2) is 11.0. The zero-order valence-corrected chi connectivity index (χ0v) is 23.0. The largest absolute Gasteiger partial charge is 0.497 e. The van der Waals surface area contributed by atoms with Gasteiger partial charge < -0.3 is 24.1 Å². The third kappa shape index (κ3) is 5.03. The van der Waals surface area contributed by atoms with Gasteiger partial charge in [0.15, 0.2) is 0 Å². The van der Waals surface area contributed by atoms with Crippen LogP contribution >= 0.6 is 0 Å². The van der Waals surface area contributed by atoms with Crippen LogP contribution in [-0.2, 0) is 23.9 Å². The van der Waals surface area contributed by atoms with E-state index < -0.39 is 47.4 Å². The number of allylic oxidation sites excluding steroid dienone is 1. The second-order valence-electron chi connectivity index (χ2n) is 10.2. The lowest BCUT2D eigenvalue weighted by molar-refractivity contribution is -0.170. The molecule has 2 aromatic rings. The minimum absolute atomic E-state index is 0.325. The summed E-state index contributed by atoms with van der Waals surface area (Å²) in [7, 11) is 3.14. The van der Waals surface area contributed by atoms with Crippen molar-refractivity contribution in [1.29, 1.82) is 0 Å². The van der Waals surface area contributed by atoms with E-state index in [1.807, 2.05) is 55.5 Å². The summed E-state index contributed by atoms with van der Waals surface area (Å²) in [5.74, 6) is -2.06. The van der Waals surface area contributed by atoms with E-state index >= 15 is 0 Å². The molecule has 5 atom stereocenters. The molecular formula is C31H34O8. The van der Waals surface area contributed by atoms with Crippen molar-refractivity contribution in [3.05, 3.63) is 76.4 Å². The summed E-state index contributed by atoms with van der Waals surface area (Å²) in [6, 6.07) is 13.0. The van der Waals surface area contributed by atoms with Crippen molar-refractivity contribution in [3.63, 3.8) is 0 Å². The van der Waals surface area contributed by atoms with Gasteiger partial charge in [0.25, 0.3) is 0 Å². The number of carbonyl (C=O) groups excluding carboxylic acids is 2. The zero-order chi connectivity index (χ0) is 28.5. The molecule has 39 heavy (non-hydrogen) atoms. The van der Waals surface area contributed by atoms with Gasteiger partial charge in [-0.1, -0.05) is 30.4 Å². The molecule has 0 saturated heterocycles. The molecule has 0 radical (unpaired) electrons. The van der Waals surface area contributed by atoms with E-state index in [-0.39, 0.29) is 0 Å². The minimum Gasteiger partial charge on any atom is -0.497 e. The van der Waals surface area contributed by atoms with Crippen LogP contribution in [-0.4, -0.2) is 49.4 Å². The van der Waals surface area contributed by atoms with Crippen molar-refractivity contribution in [3.8, 4) is 11.5 Å².